The molecule has 0 aromatic rings. The normalized spacial score (nSPS) is 9.42. The van der Waals surface area contributed by atoms with Gasteiger partial charge in [0.05, 0.1) is 7.11 Å². The van der Waals surface area contributed by atoms with Gasteiger partial charge in [-0.25, -0.2) is 0 Å². The number of nitrogens with two attached hydrogens (primary N) is 1. The Bertz CT molecular complexity index is 232. The van der Waals surface area contributed by atoms with Crippen molar-refractivity contribution in [2.45, 2.75) is 0 Å². The van der Waals surface area contributed by atoms with Gasteiger partial charge in [0.2, 0.25) is 5.90 Å². The Balaban J connectivity index is 3.83. The molecule has 0 aromatic carbocycles. The highest BCUT2D eigenvalue weighted by Crippen LogP contribution is 1.76. The lowest BCUT2D eigenvalue weighted by atomic mass is 10.5. The van der Waals surface area contributed by atoms with Crippen LogP contribution in [0, 0.1) is 16.2 Å². The van der Waals surface area contributed by atoms with Gasteiger partial charge in [-0.3, -0.25) is 16.2 Å². The molecule has 6 N–H and O–H groups in total. The first-order chi connectivity index (χ1) is 5.57. The monoisotopic (exact) mass is 169 g/mol. The molecule has 66 valence electrons. The minimum absolute atomic E-state index is 0.0427. The molecule has 6 nitrogen and oxygen atoms in total. The van der Waals surface area contributed by atoms with Gasteiger partial charge in [-0.05, 0) is 0 Å². The standard InChI is InChI=1S/C6H11N5O/c1-12-4(7)2-3-11-6(10)5(8)9/h2-3,7H,1H3,(H3,8,9)(H2,10,11)/b3-2-,7-4?. The largest absolute Gasteiger partial charge is 0.481 e. The van der Waals surface area contributed by atoms with Crippen molar-refractivity contribution in [3.8, 4) is 0 Å². The summed E-state index contributed by atoms with van der Waals surface area (Å²) in [4.78, 5) is 0. The lowest BCUT2D eigenvalue weighted by Gasteiger charge is -1.99. The van der Waals surface area contributed by atoms with E-state index in [1.807, 2.05) is 0 Å². The van der Waals surface area contributed by atoms with E-state index >= 15 is 0 Å². The van der Waals surface area contributed by atoms with Gasteiger partial charge in [0.15, 0.2) is 11.7 Å². The van der Waals surface area contributed by atoms with Crippen LogP contribution in [0.15, 0.2) is 12.3 Å². The predicted octanol–water partition coefficient (Wildman–Crippen LogP) is -0.373. The third-order valence-electron chi connectivity index (χ3n) is 0.952. The fraction of sp³-hybridized carbons (Fsp3) is 0.167. The van der Waals surface area contributed by atoms with E-state index in [4.69, 9.17) is 22.0 Å². The van der Waals surface area contributed by atoms with Gasteiger partial charge in [-0.2, -0.15) is 0 Å². The zero-order valence-corrected chi connectivity index (χ0v) is 6.64. The minimum atomic E-state index is -0.358. The summed E-state index contributed by atoms with van der Waals surface area (Å²) in [6.45, 7) is 0. The van der Waals surface area contributed by atoms with Gasteiger partial charge in [-0.1, -0.05) is 0 Å². The molecule has 0 amide bonds. The lowest BCUT2D eigenvalue weighted by molar-refractivity contribution is 0.403. The second-order valence-corrected chi connectivity index (χ2v) is 1.83. The van der Waals surface area contributed by atoms with Crippen LogP contribution in [-0.4, -0.2) is 24.7 Å². The maximum Gasteiger partial charge on any atom is 0.206 e. The molecule has 0 unspecified atom stereocenters. The first-order valence-electron chi connectivity index (χ1n) is 3.06. The fourth-order valence-corrected chi connectivity index (χ4v) is 0.346. The van der Waals surface area contributed by atoms with Crippen molar-refractivity contribution in [2.75, 3.05) is 7.11 Å². The van der Waals surface area contributed by atoms with E-state index in [2.05, 4.69) is 10.1 Å². The van der Waals surface area contributed by atoms with Crippen LogP contribution in [0.2, 0.25) is 0 Å². The van der Waals surface area contributed by atoms with Crippen molar-refractivity contribution in [1.82, 2.24) is 5.32 Å². The van der Waals surface area contributed by atoms with E-state index in [0.717, 1.165) is 0 Å². The van der Waals surface area contributed by atoms with Crippen molar-refractivity contribution in [2.24, 2.45) is 5.73 Å². The van der Waals surface area contributed by atoms with E-state index in [1.54, 1.807) is 0 Å². The fourth-order valence-electron chi connectivity index (χ4n) is 0.346. The summed E-state index contributed by atoms with van der Waals surface area (Å²) in [6, 6.07) is 0. The van der Waals surface area contributed by atoms with Crippen LogP contribution in [0.5, 0.6) is 0 Å². The van der Waals surface area contributed by atoms with Crippen LogP contribution in [0.1, 0.15) is 0 Å². The minimum Gasteiger partial charge on any atom is -0.481 e. The highest BCUT2D eigenvalue weighted by Gasteiger charge is 1.94. The van der Waals surface area contributed by atoms with Gasteiger partial charge in [0.1, 0.15) is 0 Å². The molecular weight excluding hydrogens is 158 g/mol. The third kappa shape index (κ3) is 4.04. The number of hydrogen-bond acceptors (Lipinski definition) is 4. The lowest BCUT2D eigenvalue weighted by Crippen LogP contribution is -2.31. The molecule has 6 heteroatoms. The molecule has 0 bridgehead atoms. The van der Waals surface area contributed by atoms with E-state index in [1.165, 1.54) is 19.4 Å². The quantitative estimate of drug-likeness (QED) is 0.286. The van der Waals surface area contributed by atoms with Crippen LogP contribution < -0.4 is 11.1 Å². The van der Waals surface area contributed by atoms with Crippen molar-refractivity contribution in [1.29, 1.82) is 16.2 Å². The Hall–Kier alpha value is -1.85. The average Bonchev–Trinajstić information content (AvgIpc) is 2.03. The molecular formula is C6H11N5O. The average molecular weight is 169 g/mol. The van der Waals surface area contributed by atoms with Gasteiger partial charge < -0.3 is 15.8 Å². The van der Waals surface area contributed by atoms with Crippen LogP contribution in [0.3, 0.4) is 0 Å². The highest BCUT2D eigenvalue weighted by molar-refractivity contribution is 6.37. The summed E-state index contributed by atoms with van der Waals surface area (Å²) < 4.78 is 4.49. The Morgan fingerprint density at radius 3 is 2.42 bits per heavy atom. The molecule has 0 atom stereocenters. The van der Waals surface area contributed by atoms with E-state index in [9.17, 15) is 0 Å². The van der Waals surface area contributed by atoms with Crippen LogP contribution in [0.25, 0.3) is 0 Å². The predicted molar refractivity (Wildman–Crippen MR) is 46.7 cm³/mol. The molecule has 0 fully saturated rings. The molecule has 0 aliphatic heterocycles. The van der Waals surface area contributed by atoms with Crippen molar-refractivity contribution < 1.29 is 4.74 Å². The first kappa shape index (κ1) is 10.2. The SMILES string of the molecule is COC(=N)/C=C\NC(=N)C(=N)N. The number of rotatable bonds is 2. The number of methoxy groups -OCH3 is 1. The first-order valence-corrected chi connectivity index (χ1v) is 3.06. The smallest absolute Gasteiger partial charge is 0.206 e. The molecule has 0 aliphatic rings. The summed E-state index contributed by atoms with van der Waals surface area (Å²) in [6.07, 6.45) is 2.60. The zero-order chi connectivity index (χ0) is 9.56. The van der Waals surface area contributed by atoms with E-state index < -0.39 is 0 Å². The van der Waals surface area contributed by atoms with Crippen LogP contribution in [-0.2, 0) is 4.74 Å². The Morgan fingerprint density at radius 1 is 1.42 bits per heavy atom. The van der Waals surface area contributed by atoms with Crippen molar-refractivity contribution >= 4 is 17.6 Å². The number of nitrogens with one attached hydrogen (secondary N) is 4. The molecule has 0 heterocycles. The van der Waals surface area contributed by atoms with E-state index in [0.29, 0.717) is 0 Å². The molecule has 0 saturated heterocycles. The number of amidine groups is 2. The second-order valence-electron chi connectivity index (χ2n) is 1.83. The third-order valence-corrected chi connectivity index (χ3v) is 0.952. The Labute approximate surface area is 69.9 Å². The number of ether oxygens (including phenoxy) is 1. The van der Waals surface area contributed by atoms with Crippen molar-refractivity contribution in [3.63, 3.8) is 0 Å². The van der Waals surface area contributed by atoms with Gasteiger partial charge in [0.25, 0.3) is 0 Å². The van der Waals surface area contributed by atoms with Crippen LogP contribution >= 0.6 is 0 Å². The molecule has 0 spiro atoms. The molecule has 0 rings (SSSR count). The summed E-state index contributed by atoms with van der Waals surface area (Å²) in [7, 11) is 1.36. The zero-order valence-electron chi connectivity index (χ0n) is 6.64. The highest BCUT2D eigenvalue weighted by atomic mass is 16.5. The Morgan fingerprint density at radius 2 is 2.00 bits per heavy atom. The molecule has 0 radical (unpaired) electrons. The maximum atomic E-state index is 7.02. The summed E-state index contributed by atoms with van der Waals surface area (Å²) in [5.74, 6) is -0.613. The van der Waals surface area contributed by atoms with Crippen LogP contribution in [0.4, 0.5) is 0 Å². The Kier molecular flexibility index (Phi) is 4.13. The number of hydrogen-bond donors (Lipinski definition) is 5. The van der Waals surface area contributed by atoms with Gasteiger partial charge >= 0.3 is 0 Å². The topological polar surface area (TPSA) is 119 Å². The molecule has 0 aliphatic carbocycles. The molecule has 0 saturated carbocycles. The van der Waals surface area contributed by atoms with Gasteiger partial charge in [0, 0.05) is 12.3 Å². The second kappa shape index (κ2) is 4.89. The maximum absolute atomic E-state index is 7.02. The summed E-state index contributed by atoms with van der Waals surface area (Å²) >= 11 is 0. The molecule has 12 heavy (non-hydrogen) atoms. The summed E-state index contributed by atoms with van der Waals surface area (Å²) in [5, 5.41) is 23.2. The van der Waals surface area contributed by atoms with E-state index in [-0.39, 0.29) is 17.6 Å². The molecule has 0 aromatic heterocycles. The summed E-state index contributed by atoms with van der Waals surface area (Å²) in [5.41, 5.74) is 4.96. The van der Waals surface area contributed by atoms with Crippen molar-refractivity contribution in [3.05, 3.63) is 12.3 Å². The van der Waals surface area contributed by atoms with Gasteiger partial charge in [-0.15, -0.1) is 0 Å².